The molecule has 8 heteroatoms. The van der Waals surface area contributed by atoms with E-state index in [1.165, 1.54) is 11.8 Å². The van der Waals surface area contributed by atoms with Crippen LogP contribution in [0, 0.1) is 6.92 Å². The van der Waals surface area contributed by atoms with Gasteiger partial charge in [0.1, 0.15) is 5.76 Å². The third kappa shape index (κ3) is 3.76. The first-order valence-corrected chi connectivity index (χ1v) is 8.45. The van der Waals surface area contributed by atoms with Crippen LogP contribution >= 0.6 is 11.8 Å². The molecule has 0 aromatic carbocycles. The van der Waals surface area contributed by atoms with Crippen LogP contribution in [-0.2, 0) is 9.53 Å². The Morgan fingerprint density at radius 2 is 2.09 bits per heavy atom. The molecule has 3 rings (SSSR count). The van der Waals surface area contributed by atoms with Crippen LogP contribution in [0.5, 0.6) is 0 Å². The second-order valence-electron chi connectivity index (χ2n) is 5.61. The van der Waals surface area contributed by atoms with Crippen molar-refractivity contribution in [2.75, 3.05) is 18.8 Å². The number of hydrogen-bond acceptors (Lipinski definition) is 7. The van der Waals surface area contributed by atoms with Gasteiger partial charge in [-0.05, 0) is 26.8 Å². The van der Waals surface area contributed by atoms with Gasteiger partial charge in [0, 0.05) is 13.1 Å². The molecule has 1 fully saturated rings. The maximum absolute atomic E-state index is 12.3. The van der Waals surface area contributed by atoms with E-state index < -0.39 is 0 Å². The summed E-state index contributed by atoms with van der Waals surface area (Å²) in [6.45, 7) is 7.01. The van der Waals surface area contributed by atoms with Crippen LogP contribution in [0.2, 0.25) is 0 Å². The predicted molar refractivity (Wildman–Crippen MR) is 84.1 cm³/mol. The van der Waals surface area contributed by atoms with Crippen LogP contribution in [0.3, 0.4) is 0 Å². The predicted octanol–water partition coefficient (Wildman–Crippen LogP) is 2.37. The molecule has 1 aliphatic heterocycles. The zero-order valence-electron chi connectivity index (χ0n) is 13.3. The minimum absolute atomic E-state index is 0.0521. The topological polar surface area (TPSA) is 81.6 Å². The van der Waals surface area contributed by atoms with E-state index in [0.29, 0.717) is 24.2 Å². The minimum Gasteiger partial charge on any atom is -0.469 e. The molecule has 2 aromatic rings. The van der Waals surface area contributed by atoms with Crippen LogP contribution in [0.25, 0.3) is 11.5 Å². The first-order valence-electron chi connectivity index (χ1n) is 7.47. The van der Waals surface area contributed by atoms with E-state index >= 15 is 0 Å². The lowest BCUT2D eigenvalue weighted by molar-refractivity contribution is -0.140. The summed E-state index contributed by atoms with van der Waals surface area (Å²) in [7, 11) is 0. The lowest BCUT2D eigenvalue weighted by atomic mass is 10.2. The Balaban J connectivity index is 1.57. The smallest absolute Gasteiger partial charge is 0.277 e. The Labute approximate surface area is 138 Å². The van der Waals surface area contributed by atoms with Crippen molar-refractivity contribution >= 4 is 17.7 Å². The van der Waals surface area contributed by atoms with Gasteiger partial charge >= 0.3 is 0 Å². The lowest BCUT2D eigenvalue weighted by Gasteiger charge is -2.35. The minimum atomic E-state index is 0.0521. The molecular weight excluding hydrogens is 318 g/mol. The van der Waals surface area contributed by atoms with Crippen LogP contribution in [0.1, 0.15) is 19.6 Å². The number of hydrogen-bond donors (Lipinski definition) is 0. The van der Waals surface area contributed by atoms with Crippen LogP contribution in [0.15, 0.2) is 26.4 Å². The number of rotatable bonds is 4. The number of morpholine rings is 1. The maximum atomic E-state index is 12.3. The monoisotopic (exact) mass is 337 g/mol. The summed E-state index contributed by atoms with van der Waals surface area (Å²) < 4.78 is 16.4. The van der Waals surface area contributed by atoms with Crippen molar-refractivity contribution in [3.8, 4) is 11.5 Å². The molecule has 124 valence electrons. The van der Waals surface area contributed by atoms with Gasteiger partial charge in [-0.1, -0.05) is 11.8 Å². The highest BCUT2D eigenvalue weighted by atomic mass is 32.2. The number of ether oxygens (including phenoxy) is 1. The molecule has 0 unspecified atom stereocenters. The number of carbonyl (C=O) groups is 1. The maximum Gasteiger partial charge on any atom is 0.277 e. The first kappa shape index (κ1) is 16.1. The average molecular weight is 337 g/mol. The third-order valence-electron chi connectivity index (χ3n) is 3.59. The molecular formula is C15H19N3O4S. The fourth-order valence-electron chi connectivity index (χ4n) is 2.58. The van der Waals surface area contributed by atoms with Crippen molar-refractivity contribution < 1.29 is 18.4 Å². The second-order valence-corrected chi connectivity index (χ2v) is 6.53. The number of thioether (sulfide) groups is 1. The summed E-state index contributed by atoms with van der Waals surface area (Å²) in [5, 5.41) is 8.34. The molecule has 7 nitrogen and oxygen atoms in total. The molecule has 2 atom stereocenters. The van der Waals surface area contributed by atoms with Crippen LogP contribution in [-0.4, -0.2) is 52.1 Å². The van der Waals surface area contributed by atoms with E-state index in [-0.39, 0.29) is 23.9 Å². The second kappa shape index (κ2) is 6.76. The summed E-state index contributed by atoms with van der Waals surface area (Å²) in [6.07, 6.45) is 1.70. The Bertz CT molecular complexity index is 674. The van der Waals surface area contributed by atoms with Gasteiger partial charge in [-0.15, -0.1) is 10.2 Å². The molecule has 0 spiro atoms. The SMILES string of the molecule is Cc1occc1-c1nnc(SCC(=O)N2C[C@@H](C)O[C@@H](C)C2)o1. The summed E-state index contributed by atoms with van der Waals surface area (Å²) >= 11 is 1.25. The number of furan rings is 1. The number of nitrogens with zero attached hydrogens (tertiary/aromatic N) is 3. The van der Waals surface area contributed by atoms with Crippen LogP contribution < -0.4 is 0 Å². The Morgan fingerprint density at radius 3 is 2.74 bits per heavy atom. The van der Waals surface area contributed by atoms with Gasteiger partial charge in [0.15, 0.2) is 0 Å². The highest BCUT2D eigenvalue weighted by Gasteiger charge is 2.26. The molecule has 23 heavy (non-hydrogen) atoms. The zero-order chi connectivity index (χ0) is 16.4. The van der Waals surface area contributed by atoms with E-state index in [4.69, 9.17) is 13.6 Å². The van der Waals surface area contributed by atoms with Crippen molar-refractivity contribution in [2.45, 2.75) is 38.2 Å². The Morgan fingerprint density at radius 1 is 1.35 bits per heavy atom. The molecule has 0 saturated carbocycles. The van der Waals surface area contributed by atoms with Crippen molar-refractivity contribution in [1.29, 1.82) is 0 Å². The molecule has 0 N–H and O–H groups in total. The summed E-state index contributed by atoms with van der Waals surface area (Å²) in [6, 6.07) is 1.78. The highest BCUT2D eigenvalue weighted by molar-refractivity contribution is 7.99. The highest BCUT2D eigenvalue weighted by Crippen LogP contribution is 2.26. The fourth-order valence-corrected chi connectivity index (χ4v) is 3.25. The van der Waals surface area contributed by atoms with Gasteiger partial charge < -0.3 is 18.5 Å². The van der Waals surface area contributed by atoms with Crippen molar-refractivity contribution in [2.24, 2.45) is 0 Å². The number of aryl methyl sites for hydroxylation is 1. The Hall–Kier alpha value is -1.80. The largest absolute Gasteiger partial charge is 0.469 e. The van der Waals surface area contributed by atoms with Gasteiger partial charge in [0.25, 0.3) is 11.1 Å². The van der Waals surface area contributed by atoms with Gasteiger partial charge in [0.2, 0.25) is 5.91 Å². The molecule has 0 bridgehead atoms. The normalized spacial score (nSPS) is 21.6. The molecule has 1 saturated heterocycles. The van der Waals surface area contributed by atoms with Gasteiger partial charge in [0.05, 0.1) is 29.8 Å². The summed E-state index contributed by atoms with van der Waals surface area (Å²) in [5.41, 5.74) is 0.770. The molecule has 1 amide bonds. The third-order valence-corrected chi connectivity index (χ3v) is 4.39. The number of aromatic nitrogens is 2. The van der Waals surface area contributed by atoms with E-state index in [1.54, 1.807) is 12.3 Å². The Kier molecular flexibility index (Phi) is 4.72. The number of carbonyl (C=O) groups excluding carboxylic acids is 1. The average Bonchev–Trinajstić information content (AvgIpc) is 3.12. The fraction of sp³-hybridized carbons (Fsp3) is 0.533. The molecule has 3 heterocycles. The lowest BCUT2D eigenvalue weighted by Crippen LogP contribution is -2.48. The van der Waals surface area contributed by atoms with E-state index in [9.17, 15) is 4.79 Å². The van der Waals surface area contributed by atoms with Crippen molar-refractivity contribution in [3.05, 3.63) is 18.1 Å². The van der Waals surface area contributed by atoms with Crippen molar-refractivity contribution in [1.82, 2.24) is 15.1 Å². The quantitative estimate of drug-likeness (QED) is 0.792. The number of amides is 1. The first-order chi connectivity index (χ1) is 11.0. The molecule has 0 radical (unpaired) electrons. The van der Waals surface area contributed by atoms with E-state index in [0.717, 1.165) is 11.3 Å². The standard InChI is InChI=1S/C15H19N3O4S/c1-9-6-18(7-10(2)21-9)13(19)8-23-15-17-16-14(22-15)12-4-5-20-11(12)3/h4-5,9-10H,6-8H2,1-3H3/t9-,10+. The van der Waals surface area contributed by atoms with Gasteiger partial charge in [-0.25, -0.2) is 0 Å². The molecule has 1 aliphatic rings. The summed E-state index contributed by atoms with van der Waals surface area (Å²) in [4.78, 5) is 14.1. The van der Waals surface area contributed by atoms with E-state index in [2.05, 4.69) is 10.2 Å². The zero-order valence-corrected chi connectivity index (χ0v) is 14.1. The molecule has 0 aliphatic carbocycles. The molecule has 2 aromatic heterocycles. The van der Waals surface area contributed by atoms with E-state index in [1.807, 2.05) is 25.7 Å². The van der Waals surface area contributed by atoms with Crippen LogP contribution in [0.4, 0.5) is 0 Å². The summed E-state index contributed by atoms with van der Waals surface area (Å²) in [5.74, 6) is 1.44. The van der Waals surface area contributed by atoms with Gasteiger partial charge in [-0.3, -0.25) is 4.79 Å². The van der Waals surface area contributed by atoms with Gasteiger partial charge in [-0.2, -0.15) is 0 Å². The van der Waals surface area contributed by atoms with Crippen molar-refractivity contribution in [3.63, 3.8) is 0 Å².